The van der Waals surface area contributed by atoms with Gasteiger partial charge < -0.3 is 4.57 Å². The molecule has 1 aromatic heterocycles. The van der Waals surface area contributed by atoms with Gasteiger partial charge in [-0.15, -0.1) is 11.8 Å². The van der Waals surface area contributed by atoms with Crippen molar-refractivity contribution in [3.63, 3.8) is 0 Å². The van der Waals surface area contributed by atoms with Gasteiger partial charge in [-0.1, -0.05) is 41.9 Å². The molecular weight excluding hydrogens is 352 g/mol. The van der Waals surface area contributed by atoms with Crippen molar-refractivity contribution in [2.45, 2.75) is 18.7 Å². The Bertz CT molecular complexity index is 925. The Morgan fingerprint density at radius 1 is 1.16 bits per heavy atom. The Morgan fingerprint density at radius 2 is 1.92 bits per heavy atom. The summed E-state index contributed by atoms with van der Waals surface area (Å²) in [7, 11) is 0. The van der Waals surface area contributed by atoms with Crippen molar-refractivity contribution in [3.8, 4) is 6.07 Å². The fourth-order valence-electron chi connectivity index (χ4n) is 2.74. The van der Waals surface area contributed by atoms with Crippen LogP contribution in [-0.4, -0.2) is 16.1 Å². The average molecular weight is 369 g/mol. The molecule has 0 aliphatic carbocycles. The van der Waals surface area contributed by atoms with E-state index in [4.69, 9.17) is 16.9 Å². The minimum atomic E-state index is 0.117. The molecule has 3 aromatic rings. The lowest BCUT2D eigenvalue weighted by molar-refractivity contribution is 0.102. The van der Waals surface area contributed by atoms with Gasteiger partial charge in [0.1, 0.15) is 0 Å². The number of carbonyl (C=O) groups is 1. The van der Waals surface area contributed by atoms with Crippen LogP contribution in [0.1, 0.15) is 22.3 Å². The van der Waals surface area contributed by atoms with Crippen LogP contribution in [0.2, 0.25) is 5.02 Å². The topological polar surface area (TPSA) is 45.8 Å². The highest BCUT2D eigenvalue weighted by Gasteiger charge is 2.14. The van der Waals surface area contributed by atoms with Crippen LogP contribution in [0.4, 0.5) is 0 Å². The molecule has 0 atom stereocenters. The van der Waals surface area contributed by atoms with Crippen molar-refractivity contribution in [2.75, 3.05) is 5.75 Å². The largest absolute Gasteiger partial charge is 0.346 e. The zero-order valence-corrected chi connectivity index (χ0v) is 15.2. The molecule has 3 rings (SSSR count). The Kier molecular flexibility index (Phi) is 5.80. The second kappa shape index (κ2) is 8.24. The van der Waals surface area contributed by atoms with E-state index >= 15 is 0 Å². The molecule has 0 spiro atoms. The van der Waals surface area contributed by atoms with Gasteiger partial charge in [0.05, 0.1) is 18.2 Å². The van der Waals surface area contributed by atoms with Crippen LogP contribution in [0.25, 0.3) is 10.9 Å². The van der Waals surface area contributed by atoms with E-state index in [0.29, 0.717) is 18.7 Å². The van der Waals surface area contributed by atoms with Crippen LogP contribution in [0.15, 0.2) is 54.7 Å². The van der Waals surface area contributed by atoms with Crippen molar-refractivity contribution in [3.05, 3.63) is 70.9 Å². The predicted octanol–water partition coefficient (Wildman–Crippen LogP) is 5.32. The van der Waals surface area contributed by atoms with E-state index in [-0.39, 0.29) is 5.78 Å². The van der Waals surface area contributed by atoms with Crippen LogP contribution < -0.4 is 0 Å². The summed E-state index contributed by atoms with van der Waals surface area (Å²) in [6.07, 6.45) is 2.31. The summed E-state index contributed by atoms with van der Waals surface area (Å²) in [4.78, 5) is 12.7. The standard InChI is InChI=1S/C20H17ClN2OS/c21-16-8-6-15(7-9-16)13-25-14-20(24)18-12-23(11-3-10-22)19-5-2-1-4-17(18)19/h1-2,4-9,12H,3,11,13-14H2. The number of hydrogen-bond acceptors (Lipinski definition) is 3. The van der Waals surface area contributed by atoms with Crippen molar-refractivity contribution in [2.24, 2.45) is 0 Å². The second-order valence-corrected chi connectivity index (χ2v) is 7.13. The molecule has 0 saturated heterocycles. The van der Waals surface area contributed by atoms with E-state index in [1.165, 1.54) is 0 Å². The molecule has 25 heavy (non-hydrogen) atoms. The molecule has 1 heterocycles. The number of carbonyl (C=O) groups excluding carboxylic acids is 1. The zero-order chi connectivity index (χ0) is 17.6. The van der Waals surface area contributed by atoms with Crippen LogP contribution in [0, 0.1) is 11.3 Å². The first-order valence-corrected chi connectivity index (χ1v) is 9.52. The number of hydrogen-bond donors (Lipinski definition) is 0. The van der Waals surface area contributed by atoms with Gasteiger partial charge >= 0.3 is 0 Å². The van der Waals surface area contributed by atoms with Crippen LogP contribution in [0.3, 0.4) is 0 Å². The van der Waals surface area contributed by atoms with Gasteiger partial charge in [0.15, 0.2) is 5.78 Å². The number of halogens is 1. The van der Waals surface area contributed by atoms with Gasteiger partial charge in [-0.3, -0.25) is 4.79 Å². The number of rotatable bonds is 7. The zero-order valence-electron chi connectivity index (χ0n) is 13.6. The smallest absolute Gasteiger partial charge is 0.174 e. The monoisotopic (exact) mass is 368 g/mol. The number of ketones is 1. The summed E-state index contributed by atoms with van der Waals surface area (Å²) in [6.45, 7) is 0.599. The maximum Gasteiger partial charge on any atom is 0.174 e. The number of para-hydroxylation sites is 1. The fraction of sp³-hybridized carbons (Fsp3) is 0.200. The summed E-state index contributed by atoms with van der Waals surface area (Å²) in [5.41, 5.74) is 2.89. The normalized spacial score (nSPS) is 10.7. The van der Waals surface area contributed by atoms with Crippen molar-refractivity contribution >= 4 is 40.0 Å². The summed E-state index contributed by atoms with van der Waals surface area (Å²) in [5, 5.41) is 10.5. The predicted molar refractivity (Wildman–Crippen MR) is 104 cm³/mol. The first-order valence-electron chi connectivity index (χ1n) is 7.99. The Hall–Kier alpha value is -2.22. The maximum absolute atomic E-state index is 12.7. The molecule has 0 saturated carbocycles. The lowest BCUT2D eigenvalue weighted by Crippen LogP contribution is -2.02. The van der Waals surface area contributed by atoms with Gasteiger partial charge in [-0.25, -0.2) is 0 Å². The van der Waals surface area contributed by atoms with Gasteiger partial charge in [-0.05, 0) is 23.8 Å². The second-order valence-electron chi connectivity index (χ2n) is 5.70. The average Bonchev–Trinajstić information content (AvgIpc) is 3.00. The van der Waals surface area contributed by atoms with Crippen LogP contribution in [0.5, 0.6) is 0 Å². The highest BCUT2D eigenvalue weighted by Crippen LogP contribution is 2.24. The molecule has 0 radical (unpaired) electrons. The number of Topliss-reactive ketones (excluding diaryl/α,β-unsaturated/α-hetero) is 1. The minimum Gasteiger partial charge on any atom is -0.346 e. The summed E-state index contributed by atoms with van der Waals surface area (Å²) < 4.78 is 2.00. The summed E-state index contributed by atoms with van der Waals surface area (Å²) in [6, 6.07) is 17.7. The van der Waals surface area contributed by atoms with Crippen LogP contribution in [-0.2, 0) is 12.3 Å². The van der Waals surface area contributed by atoms with E-state index < -0.39 is 0 Å². The number of aryl methyl sites for hydroxylation is 1. The lowest BCUT2D eigenvalue weighted by atomic mass is 10.1. The Morgan fingerprint density at radius 3 is 2.68 bits per heavy atom. The number of aromatic nitrogens is 1. The molecule has 0 fully saturated rings. The van der Waals surface area contributed by atoms with E-state index in [9.17, 15) is 4.79 Å². The molecule has 5 heteroatoms. The molecule has 0 aliphatic rings. The maximum atomic E-state index is 12.7. The third-order valence-electron chi connectivity index (χ3n) is 3.97. The van der Waals surface area contributed by atoms with Gasteiger partial charge in [0.2, 0.25) is 0 Å². The molecule has 126 valence electrons. The van der Waals surface area contributed by atoms with Gasteiger partial charge in [-0.2, -0.15) is 5.26 Å². The first kappa shape index (κ1) is 17.6. The Balaban J connectivity index is 1.71. The van der Waals surface area contributed by atoms with E-state index in [2.05, 4.69) is 6.07 Å². The van der Waals surface area contributed by atoms with Crippen molar-refractivity contribution in [1.29, 1.82) is 5.26 Å². The van der Waals surface area contributed by atoms with Gasteiger partial charge in [0.25, 0.3) is 0 Å². The molecular formula is C20H17ClN2OS. The number of nitrogens with zero attached hydrogens (tertiary/aromatic N) is 2. The number of thioether (sulfide) groups is 1. The highest BCUT2D eigenvalue weighted by molar-refractivity contribution is 7.99. The third kappa shape index (κ3) is 4.25. The number of nitriles is 1. The first-order chi connectivity index (χ1) is 12.2. The molecule has 0 aliphatic heterocycles. The lowest BCUT2D eigenvalue weighted by Gasteiger charge is -2.02. The molecule has 0 N–H and O–H groups in total. The van der Waals surface area contributed by atoms with E-state index in [1.807, 2.05) is 59.3 Å². The van der Waals surface area contributed by atoms with E-state index in [0.717, 1.165) is 32.8 Å². The molecule has 0 unspecified atom stereocenters. The van der Waals surface area contributed by atoms with Gasteiger partial charge in [0, 0.05) is 40.0 Å². The highest BCUT2D eigenvalue weighted by atomic mass is 35.5. The van der Waals surface area contributed by atoms with Crippen LogP contribution >= 0.6 is 23.4 Å². The molecule has 3 nitrogen and oxygen atoms in total. The quantitative estimate of drug-likeness (QED) is 0.530. The van der Waals surface area contributed by atoms with Crippen molar-refractivity contribution < 1.29 is 4.79 Å². The summed E-state index contributed by atoms with van der Waals surface area (Å²) >= 11 is 7.48. The fourth-order valence-corrected chi connectivity index (χ4v) is 3.74. The summed E-state index contributed by atoms with van der Waals surface area (Å²) in [5.74, 6) is 1.32. The number of benzene rings is 2. The Labute approximate surface area is 156 Å². The molecule has 0 bridgehead atoms. The SMILES string of the molecule is N#CCCn1cc(C(=O)CSCc2ccc(Cl)cc2)c2ccccc21. The molecule has 0 amide bonds. The van der Waals surface area contributed by atoms with Crippen molar-refractivity contribution in [1.82, 2.24) is 4.57 Å². The molecule has 2 aromatic carbocycles. The van der Waals surface area contributed by atoms with E-state index in [1.54, 1.807) is 11.8 Å². The number of fused-ring (bicyclic) bond motifs is 1. The minimum absolute atomic E-state index is 0.117. The third-order valence-corrected chi connectivity index (χ3v) is 5.22.